The lowest BCUT2D eigenvalue weighted by atomic mass is 10.4. The molecule has 0 saturated carbocycles. The maximum Gasteiger partial charge on any atom is 0.223 e. The first-order valence-electron chi connectivity index (χ1n) is 5.65. The Morgan fingerprint density at radius 2 is 1.53 bits per heavy atom. The van der Waals surface area contributed by atoms with Gasteiger partial charge in [-0.05, 0) is 26.0 Å². The van der Waals surface area contributed by atoms with Gasteiger partial charge >= 0.3 is 0 Å². The molecule has 1 aromatic heterocycles. The molecule has 0 atom stereocenters. The van der Waals surface area contributed by atoms with Gasteiger partial charge in [0.2, 0.25) is 12.4 Å². The van der Waals surface area contributed by atoms with Crippen LogP contribution in [-0.4, -0.2) is 6.10 Å². The summed E-state index contributed by atoms with van der Waals surface area (Å²) in [7, 11) is 0. The van der Waals surface area contributed by atoms with E-state index in [0.717, 1.165) is 0 Å². The van der Waals surface area contributed by atoms with Gasteiger partial charge in [0.05, 0.1) is 0 Å². The smallest absolute Gasteiger partial charge is 0.223 e. The van der Waals surface area contributed by atoms with E-state index >= 15 is 0 Å². The van der Waals surface area contributed by atoms with E-state index in [0.29, 0.717) is 0 Å². The number of hydrogen-bond donors (Lipinski definition) is 0. The van der Waals surface area contributed by atoms with Crippen LogP contribution < -0.4 is 9.57 Å². The molecule has 0 N–H and O–H groups in total. The van der Waals surface area contributed by atoms with Gasteiger partial charge in [-0.3, -0.25) is 4.84 Å². The molecule has 2 rings (SSSR count). The average molecular weight is 246 g/mol. The number of hydrogen-bond acceptors (Lipinski definition) is 2. The van der Waals surface area contributed by atoms with Crippen LogP contribution in [0.2, 0.25) is 0 Å². The Labute approximate surface area is 106 Å². The summed E-state index contributed by atoms with van der Waals surface area (Å²) in [5.41, 5.74) is 0. The largest absolute Gasteiger partial charge is 0.269 e. The van der Waals surface area contributed by atoms with E-state index in [2.05, 4.69) is 24.3 Å². The number of nitrogens with zero attached hydrogens (tertiary/aromatic N) is 1. The molecule has 3 heteroatoms. The topological polar surface area (TPSA) is 13.1 Å². The quantitative estimate of drug-likeness (QED) is 0.769. The predicted octanol–water partition coefficient (Wildman–Crippen LogP) is 2.96. The molecule has 0 aliphatic rings. The molecule has 17 heavy (non-hydrogen) atoms. The molecule has 2 nitrogen and oxygen atoms in total. The van der Waals surface area contributed by atoms with Gasteiger partial charge in [-0.25, -0.2) is 0 Å². The van der Waals surface area contributed by atoms with Crippen molar-refractivity contribution in [1.29, 1.82) is 0 Å². The first-order valence-corrected chi connectivity index (χ1v) is 6.47. The van der Waals surface area contributed by atoms with Gasteiger partial charge in [0.1, 0.15) is 0 Å². The fourth-order valence-electron chi connectivity index (χ4n) is 1.41. The monoisotopic (exact) mass is 246 g/mol. The van der Waals surface area contributed by atoms with Crippen molar-refractivity contribution < 1.29 is 9.57 Å². The normalized spacial score (nSPS) is 10.5. The Hall–Kier alpha value is -1.48. The van der Waals surface area contributed by atoms with Crippen molar-refractivity contribution in [1.82, 2.24) is 0 Å². The third-order valence-electron chi connectivity index (χ3n) is 2.08. The zero-order valence-electron chi connectivity index (χ0n) is 10.0. The van der Waals surface area contributed by atoms with Crippen LogP contribution in [-0.2, 0) is 0 Å². The minimum absolute atomic E-state index is 0.188. The van der Waals surface area contributed by atoms with E-state index in [1.165, 1.54) is 9.79 Å². The Kier molecular flexibility index (Phi) is 4.04. The summed E-state index contributed by atoms with van der Waals surface area (Å²) in [4.78, 5) is 7.98. The van der Waals surface area contributed by atoms with Gasteiger partial charge in [0.25, 0.3) is 0 Å². The van der Waals surface area contributed by atoms with Crippen LogP contribution in [0.4, 0.5) is 0 Å². The highest BCUT2D eigenvalue weighted by molar-refractivity contribution is 7.99. The van der Waals surface area contributed by atoms with Gasteiger partial charge < -0.3 is 0 Å². The van der Waals surface area contributed by atoms with Crippen LogP contribution in [0.3, 0.4) is 0 Å². The summed E-state index contributed by atoms with van der Waals surface area (Å²) >= 11 is 1.75. The summed E-state index contributed by atoms with van der Waals surface area (Å²) in [5, 5.41) is 0. The molecule has 0 spiro atoms. The second kappa shape index (κ2) is 5.73. The first-order chi connectivity index (χ1) is 8.24. The van der Waals surface area contributed by atoms with E-state index in [1.54, 1.807) is 16.5 Å². The number of rotatable bonds is 4. The molecule has 0 saturated heterocycles. The van der Waals surface area contributed by atoms with Crippen molar-refractivity contribution in [3.05, 3.63) is 54.9 Å². The van der Waals surface area contributed by atoms with Gasteiger partial charge in [-0.1, -0.05) is 30.0 Å². The molecule has 2 aromatic rings. The summed E-state index contributed by atoms with van der Waals surface area (Å²) in [6, 6.07) is 14.5. The predicted molar refractivity (Wildman–Crippen MR) is 68.9 cm³/mol. The van der Waals surface area contributed by atoms with Crippen LogP contribution >= 0.6 is 11.8 Å². The fourth-order valence-corrected chi connectivity index (χ4v) is 2.23. The van der Waals surface area contributed by atoms with Gasteiger partial charge in [0.15, 0.2) is 6.10 Å². The number of pyridine rings is 1. The maximum atomic E-state index is 5.53. The van der Waals surface area contributed by atoms with E-state index in [-0.39, 0.29) is 6.10 Å². The number of benzene rings is 1. The molecule has 88 valence electrons. The Morgan fingerprint density at radius 1 is 0.941 bits per heavy atom. The highest BCUT2D eigenvalue weighted by Crippen LogP contribution is 2.25. The second-order valence-electron chi connectivity index (χ2n) is 3.96. The summed E-state index contributed by atoms with van der Waals surface area (Å²) in [6.45, 7) is 4.03. The summed E-state index contributed by atoms with van der Waals surface area (Å²) in [5.74, 6) is 0. The van der Waals surface area contributed by atoms with E-state index in [4.69, 9.17) is 4.84 Å². The highest BCUT2D eigenvalue weighted by Gasteiger charge is 2.05. The molecule has 0 aliphatic carbocycles. The molecular formula is C14H16NOS+. The zero-order chi connectivity index (χ0) is 12.1. The Morgan fingerprint density at radius 3 is 2.12 bits per heavy atom. The van der Waals surface area contributed by atoms with Crippen molar-refractivity contribution in [3.8, 4) is 0 Å². The van der Waals surface area contributed by atoms with Crippen LogP contribution in [0.1, 0.15) is 13.8 Å². The van der Waals surface area contributed by atoms with Crippen LogP contribution in [0.15, 0.2) is 64.6 Å². The van der Waals surface area contributed by atoms with Crippen molar-refractivity contribution in [2.24, 2.45) is 0 Å². The Bertz CT molecular complexity index is 453. The van der Waals surface area contributed by atoms with Gasteiger partial charge in [-0.15, -0.1) is 0 Å². The third kappa shape index (κ3) is 3.79. The zero-order valence-corrected chi connectivity index (χ0v) is 10.9. The highest BCUT2D eigenvalue weighted by atomic mass is 32.2. The molecule has 1 heterocycles. The Balaban J connectivity index is 2.03. The molecule has 0 unspecified atom stereocenters. The molecule has 0 amide bonds. The van der Waals surface area contributed by atoms with Crippen LogP contribution in [0, 0.1) is 0 Å². The average Bonchev–Trinajstić information content (AvgIpc) is 2.32. The summed E-state index contributed by atoms with van der Waals surface area (Å²) in [6.07, 6.45) is 4.06. The number of aromatic nitrogens is 1. The van der Waals surface area contributed by atoms with E-state index in [1.807, 2.05) is 44.4 Å². The fraction of sp³-hybridized carbons (Fsp3) is 0.214. The SMILES string of the molecule is CC(C)O[n+]1ccc(Sc2ccccc2)cc1. The van der Waals surface area contributed by atoms with Crippen molar-refractivity contribution in [3.63, 3.8) is 0 Å². The van der Waals surface area contributed by atoms with Gasteiger partial charge in [-0.2, -0.15) is 0 Å². The van der Waals surface area contributed by atoms with Crippen molar-refractivity contribution in [2.75, 3.05) is 0 Å². The van der Waals surface area contributed by atoms with Gasteiger partial charge in [0, 0.05) is 26.7 Å². The molecule has 1 aromatic carbocycles. The van der Waals surface area contributed by atoms with Crippen molar-refractivity contribution >= 4 is 11.8 Å². The minimum Gasteiger partial charge on any atom is -0.269 e. The molecular weight excluding hydrogens is 230 g/mol. The van der Waals surface area contributed by atoms with E-state index < -0.39 is 0 Å². The van der Waals surface area contributed by atoms with E-state index in [9.17, 15) is 0 Å². The minimum atomic E-state index is 0.188. The maximum absolute atomic E-state index is 5.53. The third-order valence-corrected chi connectivity index (χ3v) is 3.10. The molecule has 0 radical (unpaired) electrons. The van der Waals surface area contributed by atoms with Crippen molar-refractivity contribution in [2.45, 2.75) is 29.7 Å². The van der Waals surface area contributed by atoms with Crippen LogP contribution in [0.5, 0.6) is 0 Å². The second-order valence-corrected chi connectivity index (χ2v) is 5.11. The summed E-state index contributed by atoms with van der Waals surface area (Å²) < 4.78 is 1.74. The standard InChI is InChI=1S/C14H16NOS/c1-12(2)16-15-10-8-14(9-11-15)17-13-6-4-3-5-7-13/h3-12H,1-2H3/q+1. The lowest BCUT2D eigenvalue weighted by Crippen LogP contribution is -2.45. The lowest BCUT2D eigenvalue weighted by Gasteiger charge is -2.02. The lowest BCUT2D eigenvalue weighted by molar-refractivity contribution is -0.898. The molecule has 0 aliphatic heterocycles. The molecule has 0 fully saturated rings. The van der Waals surface area contributed by atoms with Crippen LogP contribution in [0.25, 0.3) is 0 Å². The first kappa shape index (κ1) is 12.0. The molecule has 0 bridgehead atoms.